The topological polar surface area (TPSA) is 66.1 Å². The first-order valence-corrected chi connectivity index (χ1v) is 8.89. The molecule has 0 radical (unpaired) electrons. The van der Waals surface area contributed by atoms with Crippen molar-refractivity contribution in [2.24, 2.45) is 0 Å². The largest absolute Gasteiger partial charge is 0.343 e. The molecule has 5 heteroatoms. The number of benzene rings is 1. The Morgan fingerprint density at radius 1 is 1.21 bits per heavy atom. The lowest BCUT2D eigenvalue weighted by Crippen LogP contribution is -2.37. The third-order valence-electron chi connectivity index (χ3n) is 5.00. The van der Waals surface area contributed by atoms with E-state index in [0.717, 1.165) is 12.8 Å². The molecule has 0 unspecified atom stereocenters. The Balaban J connectivity index is 1.64. The van der Waals surface area contributed by atoms with Crippen LogP contribution < -0.4 is 5.56 Å². The average Bonchev–Trinajstić information content (AvgIpc) is 2.88. The molecule has 0 spiro atoms. The molecule has 5 nitrogen and oxygen atoms in total. The van der Waals surface area contributed by atoms with E-state index in [1.165, 1.54) is 25.7 Å². The summed E-state index contributed by atoms with van der Waals surface area (Å²) in [6.45, 7) is 0. The van der Waals surface area contributed by atoms with Crippen LogP contribution in [0.2, 0.25) is 0 Å². The van der Waals surface area contributed by atoms with Crippen LogP contribution in [0, 0.1) is 0 Å². The third-order valence-corrected chi connectivity index (χ3v) is 5.00. The second-order valence-corrected chi connectivity index (χ2v) is 6.68. The van der Waals surface area contributed by atoms with Gasteiger partial charge in [0, 0.05) is 25.9 Å². The number of fused-ring (bicyclic) bond motifs is 1. The number of aryl methyl sites for hydroxylation is 1. The summed E-state index contributed by atoms with van der Waals surface area (Å²) in [5.41, 5.74) is 0.543. The molecule has 1 aliphatic rings. The van der Waals surface area contributed by atoms with Gasteiger partial charge >= 0.3 is 0 Å². The zero-order valence-corrected chi connectivity index (χ0v) is 14.3. The molecule has 1 heterocycles. The second kappa shape index (κ2) is 7.60. The smallest absolute Gasteiger partial charge is 0.258 e. The van der Waals surface area contributed by atoms with Crippen molar-refractivity contribution in [2.75, 3.05) is 7.05 Å². The minimum Gasteiger partial charge on any atom is -0.343 e. The number of carbonyl (C=O) groups excluding carboxylic acids is 1. The number of rotatable bonds is 4. The minimum atomic E-state index is -0.139. The van der Waals surface area contributed by atoms with Gasteiger partial charge in [-0.3, -0.25) is 9.59 Å². The van der Waals surface area contributed by atoms with Gasteiger partial charge in [-0.25, -0.2) is 4.98 Å². The van der Waals surface area contributed by atoms with Crippen LogP contribution in [0.5, 0.6) is 0 Å². The Morgan fingerprint density at radius 2 is 1.92 bits per heavy atom. The Labute approximate surface area is 142 Å². The maximum atomic E-state index is 12.5. The highest BCUT2D eigenvalue weighted by Crippen LogP contribution is 2.21. The first-order valence-electron chi connectivity index (χ1n) is 8.89. The van der Waals surface area contributed by atoms with E-state index in [1.807, 2.05) is 30.1 Å². The summed E-state index contributed by atoms with van der Waals surface area (Å²) in [4.78, 5) is 33.7. The van der Waals surface area contributed by atoms with Crippen molar-refractivity contribution < 1.29 is 4.79 Å². The molecule has 1 N–H and O–H groups in total. The molecule has 1 aromatic heterocycles. The molecule has 1 aromatic carbocycles. The number of aromatic nitrogens is 2. The van der Waals surface area contributed by atoms with Gasteiger partial charge in [0.15, 0.2) is 0 Å². The van der Waals surface area contributed by atoms with Gasteiger partial charge in [0.25, 0.3) is 5.56 Å². The van der Waals surface area contributed by atoms with E-state index in [-0.39, 0.29) is 11.5 Å². The maximum absolute atomic E-state index is 12.5. The number of hydrogen-bond donors (Lipinski definition) is 1. The van der Waals surface area contributed by atoms with Crippen LogP contribution in [0.25, 0.3) is 10.9 Å². The Morgan fingerprint density at radius 3 is 2.67 bits per heavy atom. The number of nitrogens with one attached hydrogen (secondary N) is 1. The number of hydrogen-bond acceptors (Lipinski definition) is 3. The van der Waals surface area contributed by atoms with Crippen molar-refractivity contribution in [3.63, 3.8) is 0 Å². The van der Waals surface area contributed by atoms with Gasteiger partial charge in [-0.15, -0.1) is 0 Å². The highest BCUT2D eigenvalue weighted by atomic mass is 16.2. The van der Waals surface area contributed by atoms with Crippen molar-refractivity contribution in [3.8, 4) is 0 Å². The van der Waals surface area contributed by atoms with Crippen molar-refractivity contribution in [1.29, 1.82) is 0 Å². The first kappa shape index (κ1) is 16.7. The Kier molecular flexibility index (Phi) is 5.28. The van der Waals surface area contributed by atoms with E-state index in [0.29, 0.717) is 35.6 Å². The number of aromatic amines is 1. The van der Waals surface area contributed by atoms with Gasteiger partial charge in [0.05, 0.1) is 10.9 Å². The molecule has 1 amide bonds. The molecule has 2 aromatic rings. The van der Waals surface area contributed by atoms with Crippen LogP contribution >= 0.6 is 0 Å². The number of H-pyrrole nitrogens is 1. The number of para-hydroxylation sites is 1. The van der Waals surface area contributed by atoms with Crippen LogP contribution in [0.1, 0.15) is 50.8 Å². The monoisotopic (exact) mass is 327 g/mol. The highest BCUT2D eigenvalue weighted by Gasteiger charge is 2.21. The number of carbonyl (C=O) groups is 1. The summed E-state index contributed by atoms with van der Waals surface area (Å²) in [5.74, 6) is 0.721. The summed E-state index contributed by atoms with van der Waals surface area (Å²) in [6, 6.07) is 7.64. The van der Waals surface area contributed by atoms with Gasteiger partial charge in [-0.05, 0) is 25.0 Å². The van der Waals surface area contributed by atoms with Crippen LogP contribution in [-0.2, 0) is 11.2 Å². The fourth-order valence-electron chi connectivity index (χ4n) is 3.50. The predicted octanol–water partition coefficient (Wildman–Crippen LogP) is 3.04. The zero-order valence-electron chi connectivity index (χ0n) is 14.3. The number of amides is 1. The van der Waals surface area contributed by atoms with Crippen LogP contribution in [0.15, 0.2) is 29.1 Å². The lowest BCUT2D eigenvalue weighted by molar-refractivity contribution is -0.132. The normalized spacial score (nSPS) is 16.0. The van der Waals surface area contributed by atoms with Gasteiger partial charge in [0.2, 0.25) is 5.91 Å². The molecule has 3 rings (SSSR count). The fourth-order valence-corrected chi connectivity index (χ4v) is 3.50. The molecule has 128 valence electrons. The number of nitrogens with zero attached hydrogens (tertiary/aromatic N) is 2. The second-order valence-electron chi connectivity index (χ2n) is 6.68. The summed E-state index contributed by atoms with van der Waals surface area (Å²) >= 11 is 0. The molecule has 1 fully saturated rings. The van der Waals surface area contributed by atoms with Crippen molar-refractivity contribution in [2.45, 2.75) is 57.4 Å². The van der Waals surface area contributed by atoms with Crippen LogP contribution in [0.4, 0.5) is 0 Å². The lowest BCUT2D eigenvalue weighted by atomic mass is 10.1. The zero-order chi connectivity index (χ0) is 16.9. The molecule has 0 atom stereocenters. The Bertz CT molecular complexity index is 761. The first-order chi connectivity index (χ1) is 11.6. The van der Waals surface area contributed by atoms with Crippen molar-refractivity contribution in [1.82, 2.24) is 14.9 Å². The SMILES string of the molecule is CN(C(=O)CCc1nc2ccccc2c(=O)[nH]1)C1CCCCCC1. The standard InChI is InChI=1S/C19H25N3O2/c1-22(14-8-4-2-3-5-9-14)18(23)13-12-17-20-16-11-7-6-10-15(16)19(24)21-17/h6-7,10-11,14H,2-5,8-9,12-13H2,1H3,(H,20,21,24). The summed E-state index contributed by atoms with van der Waals surface area (Å²) in [7, 11) is 1.91. The summed E-state index contributed by atoms with van der Waals surface area (Å²) in [5, 5.41) is 0.586. The molecular formula is C19H25N3O2. The molecule has 0 saturated heterocycles. The van der Waals surface area contributed by atoms with Gasteiger partial charge < -0.3 is 9.88 Å². The molecular weight excluding hydrogens is 302 g/mol. The van der Waals surface area contributed by atoms with E-state index >= 15 is 0 Å². The van der Waals surface area contributed by atoms with E-state index in [2.05, 4.69) is 9.97 Å². The van der Waals surface area contributed by atoms with E-state index in [9.17, 15) is 9.59 Å². The quantitative estimate of drug-likeness (QED) is 0.878. The van der Waals surface area contributed by atoms with Crippen molar-refractivity contribution in [3.05, 3.63) is 40.4 Å². The van der Waals surface area contributed by atoms with E-state index in [4.69, 9.17) is 0 Å². The maximum Gasteiger partial charge on any atom is 0.258 e. The fraction of sp³-hybridized carbons (Fsp3) is 0.526. The molecule has 1 aliphatic carbocycles. The Hall–Kier alpha value is -2.17. The van der Waals surface area contributed by atoms with E-state index < -0.39 is 0 Å². The third kappa shape index (κ3) is 3.83. The molecule has 1 saturated carbocycles. The minimum absolute atomic E-state index is 0.137. The lowest BCUT2D eigenvalue weighted by Gasteiger charge is -2.27. The van der Waals surface area contributed by atoms with E-state index in [1.54, 1.807) is 6.07 Å². The molecule has 0 bridgehead atoms. The summed E-state index contributed by atoms with van der Waals surface area (Å²) < 4.78 is 0. The van der Waals surface area contributed by atoms with Gasteiger partial charge in [0.1, 0.15) is 5.82 Å². The molecule has 0 aliphatic heterocycles. The van der Waals surface area contributed by atoms with Gasteiger partial charge in [-0.1, -0.05) is 37.8 Å². The van der Waals surface area contributed by atoms with Gasteiger partial charge in [-0.2, -0.15) is 0 Å². The average molecular weight is 327 g/mol. The summed E-state index contributed by atoms with van der Waals surface area (Å²) in [6.07, 6.45) is 8.04. The van der Waals surface area contributed by atoms with Crippen molar-refractivity contribution >= 4 is 16.8 Å². The predicted molar refractivity (Wildman–Crippen MR) is 94.9 cm³/mol. The van der Waals surface area contributed by atoms with Crippen LogP contribution in [0.3, 0.4) is 0 Å². The molecule has 24 heavy (non-hydrogen) atoms. The van der Waals surface area contributed by atoms with Crippen LogP contribution in [-0.4, -0.2) is 33.9 Å². The highest BCUT2D eigenvalue weighted by molar-refractivity contribution is 5.78.